The Morgan fingerprint density at radius 2 is 1.75 bits per heavy atom. The van der Waals surface area contributed by atoms with Gasteiger partial charge in [0.2, 0.25) is 11.9 Å². The van der Waals surface area contributed by atoms with Crippen LogP contribution >= 0.6 is 11.6 Å². The number of fused-ring (bicyclic) bond motifs is 1. The number of aryl methyl sites for hydroxylation is 3. The van der Waals surface area contributed by atoms with Gasteiger partial charge in [0, 0.05) is 5.69 Å². The van der Waals surface area contributed by atoms with Crippen LogP contribution < -0.4 is 5.32 Å². The van der Waals surface area contributed by atoms with E-state index in [9.17, 15) is 0 Å². The molecule has 0 bridgehead atoms. The Kier molecular flexibility index (Phi) is 3.06. The smallest absolute Gasteiger partial charge is 0.231 e. The summed E-state index contributed by atoms with van der Waals surface area (Å²) >= 11 is 5.91. The van der Waals surface area contributed by atoms with Gasteiger partial charge in [-0.3, -0.25) is 5.32 Å². The summed E-state index contributed by atoms with van der Waals surface area (Å²) in [4.78, 5) is 16.1. The molecule has 1 aromatic carbocycles. The van der Waals surface area contributed by atoms with E-state index in [0.717, 1.165) is 16.7 Å². The zero-order valence-electron chi connectivity index (χ0n) is 11.5. The molecule has 0 saturated heterocycles. The van der Waals surface area contributed by atoms with Crippen LogP contribution in [-0.2, 0) is 0 Å². The van der Waals surface area contributed by atoms with Crippen molar-refractivity contribution in [1.82, 2.24) is 19.9 Å². The maximum absolute atomic E-state index is 5.91. The summed E-state index contributed by atoms with van der Waals surface area (Å²) in [6.07, 6.45) is 0. The molecule has 2 N–H and O–H groups in total. The molecule has 0 radical (unpaired) electrons. The second-order valence-corrected chi connectivity index (χ2v) is 5.21. The lowest BCUT2D eigenvalue weighted by molar-refractivity contribution is 1.09. The Morgan fingerprint density at radius 3 is 2.50 bits per heavy atom. The second kappa shape index (κ2) is 4.76. The molecule has 0 saturated carbocycles. The molecular formula is C14H14ClN5. The number of hydrogen-bond donors (Lipinski definition) is 2. The van der Waals surface area contributed by atoms with Crippen LogP contribution in [0.4, 0.5) is 11.9 Å². The molecule has 2 aromatic heterocycles. The van der Waals surface area contributed by atoms with Crippen molar-refractivity contribution in [3.8, 4) is 0 Å². The molecule has 0 aliphatic heterocycles. The quantitative estimate of drug-likeness (QED) is 0.706. The Morgan fingerprint density at radius 1 is 1.00 bits per heavy atom. The van der Waals surface area contributed by atoms with Crippen molar-refractivity contribution in [1.29, 1.82) is 0 Å². The molecule has 0 aliphatic carbocycles. The van der Waals surface area contributed by atoms with E-state index in [4.69, 9.17) is 11.6 Å². The van der Waals surface area contributed by atoms with Crippen molar-refractivity contribution in [2.45, 2.75) is 20.8 Å². The molecule has 0 amide bonds. The summed E-state index contributed by atoms with van der Waals surface area (Å²) in [6.45, 7) is 6.01. The largest absolute Gasteiger partial charge is 0.324 e. The van der Waals surface area contributed by atoms with Crippen LogP contribution in [0, 0.1) is 20.8 Å². The van der Waals surface area contributed by atoms with Gasteiger partial charge in [0.05, 0.1) is 11.0 Å². The van der Waals surface area contributed by atoms with E-state index in [2.05, 4.69) is 51.2 Å². The maximum Gasteiger partial charge on any atom is 0.231 e. The fourth-order valence-corrected chi connectivity index (χ4v) is 2.26. The number of anilines is 2. The third-order valence-electron chi connectivity index (χ3n) is 3.15. The molecule has 2 heterocycles. The number of hydrogen-bond acceptors (Lipinski definition) is 4. The molecule has 0 spiro atoms. The molecule has 6 heteroatoms. The Bertz CT molecular complexity index is 734. The molecule has 3 rings (SSSR count). The van der Waals surface area contributed by atoms with Crippen LogP contribution in [0.1, 0.15) is 16.8 Å². The number of imidazole rings is 1. The fourth-order valence-electron chi connectivity index (χ4n) is 2.02. The molecular weight excluding hydrogens is 274 g/mol. The molecule has 20 heavy (non-hydrogen) atoms. The lowest BCUT2D eigenvalue weighted by atomic mass is 10.1. The molecule has 0 aliphatic rings. The topological polar surface area (TPSA) is 66.5 Å². The molecule has 0 atom stereocenters. The summed E-state index contributed by atoms with van der Waals surface area (Å²) in [6, 6.07) is 5.83. The average molecular weight is 288 g/mol. The molecule has 3 aromatic rings. The number of benzene rings is 1. The fraction of sp³-hybridized carbons (Fsp3) is 0.214. The van der Waals surface area contributed by atoms with Gasteiger partial charge in [-0.05, 0) is 50.1 Å². The number of nitrogens with one attached hydrogen (secondary N) is 2. The van der Waals surface area contributed by atoms with Gasteiger partial charge in [0.15, 0.2) is 0 Å². The minimum atomic E-state index is 0.405. The van der Waals surface area contributed by atoms with Gasteiger partial charge in [-0.1, -0.05) is 11.6 Å². The van der Waals surface area contributed by atoms with E-state index in [-0.39, 0.29) is 0 Å². The van der Waals surface area contributed by atoms with E-state index in [1.165, 1.54) is 11.1 Å². The first kappa shape index (κ1) is 12.9. The van der Waals surface area contributed by atoms with Crippen LogP contribution in [0.15, 0.2) is 18.2 Å². The highest BCUT2D eigenvalue weighted by Crippen LogP contribution is 2.21. The van der Waals surface area contributed by atoms with Crippen LogP contribution in [0.25, 0.3) is 11.0 Å². The van der Waals surface area contributed by atoms with Gasteiger partial charge in [-0.2, -0.15) is 0 Å². The Hall–Kier alpha value is -2.14. The van der Waals surface area contributed by atoms with Gasteiger partial charge in [-0.25, -0.2) is 15.0 Å². The molecule has 5 nitrogen and oxygen atoms in total. The highest BCUT2D eigenvalue weighted by atomic mass is 35.5. The van der Waals surface area contributed by atoms with Gasteiger partial charge >= 0.3 is 0 Å². The standard InChI is InChI=1S/C14H14ClN5/c1-7-4-10-11(5-8(7)2)18-14(17-10)20-13-16-9(3)6-12(15)19-13/h4-6H,1-3H3,(H2,16,17,18,19,20). The second-order valence-electron chi connectivity index (χ2n) is 4.82. The monoisotopic (exact) mass is 287 g/mol. The molecule has 0 unspecified atom stereocenters. The Balaban J connectivity index is 1.98. The Labute approximate surface area is 121 Å². The number of halogens is 1. The van der Waals surface area contributed by atoms with E-state index >= 15 is 0 Å². The predicted octanol–water partition coefficient (Wildman–Crippen LogP) is 3.68. The lowest BCUT2D eigenvalue weighted by Crippen LogP contribution is -1.99. The summed E-state index contributed by atoms with van der Waals surface area (Å²) in [5.74, 6) is 1.04. The SMILES string of the molecule is Cc1cc(Cl)nc(Nc2nc3cc(C)c(C)cc3[nH]2)n1. The van der Waals surface area contributed by atoms with E-state index < -0.39 is 0 Å². The van der Waals surface area contributed by atoms with Crippen molar-refractivity contribution < 1.29 is 0 Å². The lowest BCUT2D eigenvalue weighted by Gasteiger charge is -2.02. The molecule has 102 valence electrons. The van der Waals surface area contributed by atoms with Crippen molar-refractivity contribution in [2.24, 2.45) is 0 Å². The van der Waals surface area contributed by atoms with Gasteiger partial charge in [0.1, 0.15) is 5.15 Å². The number of aromatic amines is 1. The van der Waals surface area contributed by atoms with Gasteiger partial charge in [-0.15, -0.1) is 0 Å². The first-order valence-corrected chi connectivity index (χ1v) is 6.64. The van der Waals surface area contributed by atoms with Crippen molar-refractivity contribution in [2.75, 3.05) is 5.32 Å². The third kappa shape index (κ3) is 2.44. The zero-order valence-corrected chi connectivity index (χ0v) is 12.2. The summed E-state index contributed by atoms with van der Waals surface area (Å²) in [5, 5.41) is 3.45. The average Bonchev–Trinajstić information content (AvgIpc) is 2.69. The first-order chi connectivity index (χ1) is 9.51. The number of aromatic nitrogens is 4. The van der Waals surface area contributed by atoms with Crippen molar-refractivity contribution in [3.05, 3.63) is 40.2 Å². The normalized spacial score (nSPS) is 11.0. The van der Waals surface area contributed by atoms with Crippen molar-refractivity contribution in [3.63, 3.8) is 0 Å². The van der Waals surface area contributed by atoms with Crippen LogP contribution in [0.2, 0.25) is 5.15 Å². The van der Waals surface area contributed by atoms with E-state index in [0.29, 0.717) is 17.0 Å². The van der Waals surface area contributed by atoms with Gasteiger partial charge < -0.3 is 4.98 Å². The number of rotatable bonds is 2. The third-order valence-corrected chi connectivity index (χ3v) is 3.34. The highest BCUT2D eigenvalue weighted by Gasteiger charge is 2.07. The van der Waals surface area contributed by atoms with Crippen LogP contribution in [0.3, 0.4) is 0 Å². The summed E-state index contributed by atoms with van der Waals surface area (Å²) in [7, 11) is 0. The minimum absolute atomic E-state index is 0.405. The van der Waals surface area contributed by atoms with Crippen LogP contribution in [-0.4, -0.2) is 19.9 Å². The van der Waals surface area contributed by atoms with E-state index in [1.807, 2.05) is 6.92 Å². The summed E-state index contributed by atoms with van der Waals surface area (Å²) in [5.41, 5.74) is 5.13. The highest BCUT2D eigenvalue weighted by molar-refractivity contribution is 6.29. The maximum atomic E-state index is 5.91. The van der Waals surface area contributed by atoms with Crippen LogP contribution in [0.5, 0.6) is 0 Å². The zero-order chi connectivity index (χ0) is 14.3. The molecule has 0 fully saturated rings. The minimum Gasteiger partial charge on any atom is -0.324 e. The summed E-state index contributed by atoms with van der Waals surface area (Å²) < 4.78 is 0. The number of nitrogens with zero attached hydrogens (tertiary/aromatic N) is 3. The predicted molar refractivity (Wildman–Crippen MR) is 80.6 cm³/mol. The first-order valence-electron chi connectivity index (χ1n) is 6.26. The number of H-pyrrole nitrogens is 1. The van der Waals surface area contributed by atoms with E-state index in [1.54, 1.807) is 6.07 Å². The van der Waals surface area contributed by atoms with Gasteiger partial charge in [0.25, 0.3) is 0 Å². The van der Waals surface area contributed by atoms with Crippen molar-refractivity contribution >= 4 is 34.5 Å².